The van der Waals surface area contributed by atoms with Crippen LogP contribution in [0.25, 0.3) is 0 Å². The molecule has 0 spiro atoms. The van der Waals surface area contributed by atoms with Crippen molar-refractivity contribution in [3.63, 3.8) is 0 Å². The molecule has 2 aromatic rings. The fourth-order valence-corrected chi connectivity index (χ4v) is 2.30. The highest BCUT2D eigenvalue weighted by Crippen LogP contribution is 2.26. The standard InChI is InChI=1S/C16H17BrO2/c1-12(13-6-4-3-5-7-13)19-11-14-10-15(17)8-9-16(14)18-2/h3-10,12H,11H2,1-2H3. The normalized spacial score (nSPS) is 12.2. The second-order valence-electron chi connectivity index (χ2n) is 4.32. The molecule has 0 bridgehead atoms. The van der Waals surface area contributed by atoms with Crippen molar-refractivity contribution in [3.05, 3.63) is 64.1 Å². The maximum Gasteiger partial charge on any atom is 0.124 e. The van der Waals surface area contributed by atoms with Crippen LogP contribution < -0.4 is 4.74 Å². The second-order valence-corrected chi connectivity index (χ2v) is 5.24. The summed E-state index contributed by atoms with van der Waals surface area (Å²) in [5.41, 5.74) is 2.22. The molecule has 0 amide bonds. The Hall–Kier alpha value is -1.32. The first-order valence-corrected chi connectivity index (χ1v) is 6.99. The van der Waals surface area contributed by atoms with Gasteiger partial charge in [-0.25, -0.2) is 0 Å². The third-order valence-electron chi connectivity index (χ3n) is 3.00. The highest BCUT2D eigenvalue weighted by molar-refractivity contribution is 9.10. The highest BCUT2D eigenvalue weighted by Gasteiger charge is 2.08. The zero-order valence-electron chi connectivity index (χ0n) is 11.1. The van der Waals surface area contributed by atoms with E-state index < -0.39 is 0 Å². The fraction of sp³-hybridized carbons (Fsp3) is 0.250. The van der Waals surface area contributed by atoms with Crippen LogP contribution in [0.3, 0.4) is 0 Å². The quantitative estimate of drug-likeness (QED) is 0.792. The topological polar surface area (TPSA) is 18.5 Å². The van der Waals surface area contributed by atoms with Crippen LogP contribution in [0.2, 0.25) is 0 Å². The van der Waals surface area contributed by atoms with Gasteiger partial charge in [0.2, 0.25) is 0 Å². The molecule has 2 rings (SSSR count). The summed E-state index contributed by atoms with van der Waals surface area (Å²) in [5.74, 6) is 0.850. The summed E-state index contributed by atoms with van der Waals surface area (Å²) in [6.45, 7) is 2.58. The average Bonchev–Trinajstić information content (AvgIpc) is 2.46. The molecule has 19 heavy (non-hydrogen) atoms. The minimum absolute atomic E-state index is 0.0601. The van der Waals surface area contributed by atoms with Gasteiger partial charge < -0.3 is 9.47 Å². The first-order valence-electron chi connectivity index (χ1n) is 6.19. The molecule has 2 nitrogen and oxygen atoms in total. The monoisotopic (exact) mass is 320 g/mol. The Bertz CT molecular complexity index is 526. The van der Waals surface area contributed by atoms with Gasteiger partial charge in [0.1, 0.15) is 5.75 Å². The molecule has 0 aliphatic heterocycles. The van der Waals surface area contributed by atoms with Gasteiger partial charge in [0.15, 0.2) is 0 Å². The van der Waals surface area contributed by atoms with E-state index in [0.717, 1.165) is 15.8 Å². The zero-order valence-corrected chi connectivity index (χ0v) is 12.7. The summed E-state index contributed by atoms with van der Waals surface area (Å²) < 4.78 is 12.3. The summed E-state index contributed by atoms with van der Waals surface area (Å²) in [7, 11) is 1.67. The number of halogens is 1. The summed E-state index contributed by atoms with van der Waals surface area (Å²) >= 11 is 3.47. The Balaban J connectivity index is 2.04. The summed E-state index contributed by atoms with van der Waals surface area (Å²) in [6.07, 6.45) is 0.0601. The molecule has 3 heteroatoms. The van der Waals surface area contributed by atoms with Crippen molar-refractivity contribution < 1.29 is 9.47 Å². The van der Waals surface area contributed by atoms with E-state index in [4.69, 9.17) is 9.47 Å². The van der Waals surface area contributed by atoms with Crippen molar-refractivity contribution in [1.29, 1.82) is 0 Å². The Morgan fingerprint density at radius 1 is 1.11 bits per heavy atom. The minimum Gasteiger partial charge on any atom is -0.496 e. The van der Waals surface area contributed by atoms with Gasteiger partial charge in [-0.1, -0.05) is 46.3 Å². The van der Waals surface area contributed by atoms with Crippen LogP contribution in [0.5, 0.6) is 5.75 Å². The molecule has 0 aliphatic rings. The van der Waals surface area contributed by atoms with E-state index >= 15 is 0 Å². The second kappa shape index (κ2) is 6.73. The predicted molar refractivity (Wildman–Crippen MR) is 80.3 cm³/mol. The number of rotatable bonds is 5. The van der Waals surface area contributed by atoms with Crippen LogP contribution in [0.4, 0.5) is 0 Å². The van der Waals surface area contributed by atoms with E-state index in [0.29, 0.717) is 6.61 Å². The number of methoxy groups -OCH3 is 1. The van der Waals surface area contributed by atoms with Gasteiger partial charge in [0, 0.05) is 10.0 Å². The zero-order chi connectivity index (χ0) is 13.7. The van der Waals surface area contributed by atoms with Crippen LogP contribution in [-0.4, -0.2) is 7.11 Å². The number of benzene rings is 2. The van der Waals surface area contributed by atoms with E-state index in [9.17, 15) is 0 Å². The van der Waals surface area contributed by atoms with Gasteiger partial charge in [-0.05, 0) is 30.7 Å². The molecule has 100 valence electrons. The van der Waals surface area contributed by atoms with E-state index in [-0.39, 0.29) is 6.10 Å². The van der Waals surface area contributed by atoms with Gasteiger partial charge in [-0.2, -0.15) is 0 Å². The molecular formula is C16H17BrO2. The average molecular weight is 321 g/mol. The third-order valence-corrected chi connectivity index (χ3v) is 3.49. The van der Waals surface area contributed by atoms with E-state index in [2.05, 4.69) is 35.0 Å². The summed E-state index contributed by atoms with van der Waals surface area (Å²) in [5, 5.41) is 0. The maximum atomic E-state index is 5.91. The Labute approximate surface area is 122 Å². The molecule has 0 radical (unpaired) electrons. The lowest BCUT2D eigenvalue weighted by molar-refractivity contribution is 0.0513. The van der Waals surface area contributed by atoms with E-state index in [1.807, 2.05) is 36.4 Å². The molecular weight excluding hydrogens is 304 g/mol. The van der Waals surface area contributed by atoms with Crippen molar-refractivity contribution in [2.24, 2.45) is 0 Å². The lowest BCUT2D eigenvalue weighted by atomic mass is 10.1. The molecule has 1 unspecified atom stereocenters. The largest absolute Gasteiger partial charge is 0.496 e. The lowest BCUT2D eigenvalue weighted by Crippen LogP contribution is -2.01. The highest BCUT2D eigenvalue weighted by atomic mass is 79.9. The molecule has 0 heterocycles. The Morgan fingerprint density at radius 3 is 2.53 bits per heavy atom. The molecule has 0 aliphatic carbocycles. The maximum absolute atomic E-state index is 5.91. The number of hydrogen-bond acceptors (Lipinski definition) is 2. The van der Waals surface area contributed by atoms with Crippen LogP contribution in [0.15, 0.2) is 53.0 Å². The van der Waals surface area contributed by atoms with E-state index in [1.54, 1.807) is 7.11 Å². The molecule has 0 saturated carbocycles. The van der Waals surface area contributed by atoms with Gasteiger partial charge in [-0.3, -0.25) is 0 Å². The van der Waals surface area contributed by atoms with Crippen molar-refractivity contribution in [3.8, 4) is 5.75 Å². The molecule has 0 aromatic heterocycles. The fourth-order valence-electron chi connectivity index (χ4n) is 1.90. The lowest BCUT2D eigenvalue weighted by Gasteiger charge is -2.15. The van der Waals surface area contributed by atoms with Crippen molar-refractivity contribution in [2.75, 3.05) is 7.11 Å². The van der Waals surface area contributed by atoms with Gasteiger partial charge in [0.05, 0.1) is 19.8 Å². The van der Waals surface area contributed by atoms with Gasteiger partial charge in [0.25, 0.3) is 0 Å². The van der Waals surface area contributed by atoms with Crippen LogP contribution in [-0.2, 0) is 11.3 Å². The molecule has 2 aromatic carbocycles. The third kappa shape index (κ3) is 3.82. The Kier molecular flexibility index (Phi) is 5.00. The first kappa shape index (κ1) is 14.1. The van der Waals surface area contributed by atoms with Gasteiger partial charge >= 0.3 is 0 Å². The van der Waals surface area contributed by atoms with Crippen LogP contribution >= 0.6 is 15.9 Å². The van der Waals surface area contributed by atoms with Crippen LogP contribution in [0, 0.1) is 0 Å². The SMILES string of the molecule is COc1ccc(Br)cc1COC(C)c1ccccc1. The summed E-state index contributed by atoms with van der Waals surface area (Å²) in [4.78, 5) is 0. The molecule has 0 fully saturated rings. The smallest absolute Gasteiger partial charge is 0.124 e. The van der Waals surface area contributed by atoms with Crippen molar-refractivity contribution in [1.82, 2.24) is 0 Å². The molecule has 0 saturated heterocycles. The van der Waals surface area contributed by atoms with Crippen molar-refractivity contribution >= 4 is 15.9 Å². The van der Waals surface area contributed by atoms with E-state index in [1.165, 1.54) is 5.56 Å². The molecule has 1 atom stereocenters. The minimum atomic E-state index is 0.0601. The van der Waals surface area contributed by atoms with Crippen molar-refractivity contribution in [2.45, 2.75) is 19.6 Å². The molecule has 0 N–H and O–H groups in total. The first-order chi connectivity index (χ1) is 9.20. The number of hydrogen-bond donors (Lipinski definition) is 0. The predicted octanol–water partition coefficient (Wildman–Crippen LogP) is 4.74. The van der Waals surface area contributed by atoms with Gasteiger partial charge in [-0.15, -0.1) is 0 Å². The van der Waals surface area contributed by atoms with Crippen LogP contribution in [0.1, 0.15) is 24.2 Å². The number of ether oxygens (including phenoxy) is 2. The summed E-state index contributed by atoms with van der Waals surface area (Å²) in [6, 6.07) is 16.1. The Morgan fingerprint density at radius 2 is 1.84 bits per heavy atom.